The Morgan fingerprint density at radius 1 is 1.29 bits per heavy atom. The summed E-state index contributed by atoms with van der Waals surface area (Å²) in [5.74, 6) is -0.503. The first-order chi connectivity index (χ1) is 10.2. The lowest BCUT2D eigenvalue weighted by Gasteiger charge is -2.03. The van der Waals surface area contributed by atoms with Crippen molar-refractivity contribution in [2.45, 2.75) is 11.8 Å². The molecule has 0 unspecified atom stereocenters. The number of hydrazone groups is 1. The Kier molecular flexibility index (Phi) is 5.45. The second-order valence-electron chi connectivity index (χ2n) is 4.19. The van der Waals surface area contributed by atoms with Gasteiger partial charge in [0, 0.05) is 22.9 Å². The highest BCUT2D eigenvalue weighted by Crippen LogP contribution is 2.20. The number of pyridine rings is 1. The van der Waals surface area contributed by atoms with Gasteiger partial charge < -0.3 is 0 Å². The molecule has 0 aliphatic carbocycles. The molecular weight excluding hydrogens is 289 g/mol. The number of halogens is 1. The van der Waals surface area contributed by atoms with E-state index in [1.54, 1.807) is 49.6 Å². The van der Waals surface area contributed by atoms with Gasteiger partial charge in [0.15, 0.2) is 0 Å². The molecule has 0 radical (unpaired) electrons. The van der Waals surface area contributed by atoms with Crippen LogP contribution >= 0.6 is 11.8 Å². The number of rotatable bonds is 5. The first-order valence-electron chi connectivity index (χ1n) is 6.27. The Bertz CT molecular complexity index is 646. The monoisotopic (exact) mass is 303 g/mol. The summed E-state index contributed by atoms with van der Waals surface area (Å²) in [4.78, 5) is 16.0. The normalized spacial score (nSPS) is 11.2. The van der Waals surface area contributed by atoms with Crippen LogP contribution < -0.4 is 5.43 Å². The summed E-state index contributed by atoms with van der Waals surface area (Å²) in [5, 5.41) is 4.01. The average Bonchev–Trinajstić information content (AvgIpc) is 2.52. The molecule has 1 heterocycles. The smallest absolute Gasteiger partial charge is 0.250 e. The van der Waals surface area contributed by atoms with Gasteiger partial charge in [-0.2, -0.15) is 5.10 Å². The zero-order valence-electron chi connectivity index (χ0n) is 11.4. The molecule has 1 N–H and O–H groups in total. The van der Waals surface area contributed by atoms with Crippen molar-refractivity contribution in [3.8, 4) is 0 Å². The molecule has 0 aliphatic rings. The molecule has 1 aromatic heterocycles. The molecule has 108 valence electrons. The van der Waals surface area contributed by atoms with Gasteiger partial charge in [0.2, 0.25) is 5.91 Å². The van der Waals surface area contributed by atoms with Crippen LogP contribution in [-0.2, 0) is 4.79 Å². The molecule has 21 heavy (non-hydrogen) atoms. The predicted molar refractivity (Wildman–Crippen MR) is 81.7 cm³/mol. The first-order valence-corrected chi connectivity index (χ1v) is 7.26. The molecule has 2 rings (SSSR count). The van der Waals surface area contributed by atoms with Crippen LogP contribution in [0, 0.1) is 5.82 Å². The van der Waals surface area contributed by atoms with Crippen molar-refractivity contribution >= 4 is 23.4 Å². The van der Waals surface area contributed by atoms with Crippen LogP contribution in [0.15, 0.2) is 58.8 Å². The van der Waals surface area contributed by atoms with Gasteiger partial charge in [0.05, 0.1) is 11.5 Å². The molecule has 0 aliphatic heterocycles. The molecule has 6 heteroatoms. The minimum absolute atomic E-state index is 0.105. The van der Waals surface area contributed by atoms with Crippen molar-refractivity contribution in [2.24, 2.45) is 5.10 Å². The number of thioether (sulfide) groups is 1. The van der Waals surface area contributed by atoms with Crippen molar-refractivity contribution < 1.29 is 9.18 Å². The molecule has 4 nitrogen and oxygen atoms in total. The van der Waals surface area contributed by atoms with Gasteiger partial charge >= 0.3 is 0 Å². The summed E-state index contributed by atoms with van der Waals surface area (Å²) in [7, 11) is 0. The molecule has 0 fully saturated rings. The van der Waals surface area contributed by atoms with E-state index in [1.807, 2.05) is 0 Å². The number of nitrogens with one attached hydrogen (secondary N) is 1. The minimum Gasteiger partial charge on any atom is -0.272 e. The highest BCUT2D eigenvalue weighted by atomic mass is 32.2. The van der Waals surface area contributed by atoms with Gasteiger partial charge in [-0.3, -0.25) is 9.78 Å². The molecule has 0 saturated carbocycles. The van der Waals surface area contributed by atoms with Gasteiger partial charge in [-0.05, 0) is 31.2 Å². The predicted octanol–water partition coefficient (Wildman–Crippen LogP) is 2.85. The van der Waals surface area contributed by atoms with Crippen LogP contribution in [0.25, 0.3) is 0 Å². The van der Waals surface area contributed by atoms with Gasteiger partial charge in [-0.15, -0.1) is 11.8 Å². The fourth-order valence-electron chi connectivity index (χ4n) is 1.54. The van der Waals surface area contributed by atoms with Gasteiger partial charge in [0.1, 0.15) is 5.82 Å². The molecule has 0 spiro atoms. The van der Waals surface area contributed by atoms with E-state index in [0.717, 1.165) is 17.3 Å². The summed E-state index contributed by atoms with van der Waals surface area (Å²) in [6.07, 6.45) is 3.31. The summed E-state index contributed by atoms with van der Waals surface area (Å²) in [5.41, 5.74) is 4.02. The number of hydrogen-bond donors (Lipinski definition) is 1. The molecule has 2 aromatic rings. The number of hydrogen-bond acceptors (Lipinski definition) is 4. The maximum absolute atomic E-state index is 13.4. The largest absolute Gasteiger partial charge is 0.272 e. The van der Waals surface area contributed by atoms with Crippen molar-refractivity contribution in [1.82, 2.24) is 10.4 Å². The topological polar surface area (TPSA) is 54.4 Å². The fraction of sp³-hybridized carbons (Fsp3) is 0.133. The summed E-state index contributed by atoms with van der Waals surface area (Å²) < 4.78 is 13.4. The maximum atomic E-state index is 13.4. The van der Waals surface area contributed by atoms with Crippen LogP contribution in [-0.4, -0.2) is 22.4 Å². The number of nitrogens with zero attached hydrogens (tertiary/aromatic N) is 2. The third kappa shape index (κ3) is 4.68. The average molecular weight is 303 g/mol. The SMILES string of the molecule is C/C(=N/NC(=O)CSc1ccccc1F)c1ccncc1. The first kappa shape index (κ1) is 15.2. The lowest BCUT2D eigenvalue weighted by atomic mass is 10.2. The molecule has 0 bridgehead atoms. The van der Waals surface area contributed by atoms with Crippen molar-refractivity contribution in [3.63, 3.8) is 0 Å². The Morgan fingerprint density at radius 2 is 2.00 bits per heavy atom. The fourth-order valence-corrected chi connectivity index (χ4v) is 2.27. The standard InChI is InChI=1S/C15H14FN3OS/c1-11(12-6-8-17-9-7-12)18-19-15(20)10-21-14-5-3-2-4-13(14)16/h2-9H,10H2,1H3,(H,19,20)/b18-11-. The number of amides is 1. The zero-order valence-corrected chi connectivity index (χ0v) is 12.2. The number of carbonyl (C=O) groups excluding carboxylic acids is 1. The summed E-state index contributed by atoms with van der Waals surface area (Å²) in [6.45, 7) is 1.79. The minimum atomic E-state index is -0.327. The second kappa shape index (κ2) is 7.54. The number of benzene rings is 1. The Labute approximate surface area is 126 Å². The maximum Gasteiger partial charge on any atom is 0.250 e. The van der Waals surface area contributed by atoms with Crippen molar-refractivity contribution in [2.75, 3.05) is 5.75 Å². The quantitative estimate of drug-likeness (QED) is 0.525. The summed E-state index contributed by atoms with van der Waals surface area (Å²) in [6, 6.07) is 9.96. The highest BCUT2D eigenvalue weighted by Gasteiger charge is 2.06. The van der Waals surface area contributed by atoms with E-state index in [-0.39, 0.29) is 17.5 Å². The van der Waals surface area contributed by atoms with Crippen LogP contribution in [0.1, 0.15) is 12.5 Å². The Balaban J connectivity index is 1.87. The van der Waals surface area contributed by atoms with Crippen molar-refractivity contribution in [3.05, 3.63) is 60.2 Å². The van der Waals surface area contributed by atoms with E-state index in [1.165, 1.54) is 6.07 Å². The van der Waals surface area contributed by atoms with Gasteiger partial charge in [-0.25, -0.2) is 9.82 Å². The molecule has 0 atom stereocenters. The lowest BCUT2D eigenvalue weighted by Crippen LogP contribution is -2.21. The Hall–Kier alpha value is -2.21. The van der Waals surface area contributed by atoms with E-state index < -0.39 is 0 Å². The number of aromatic nitrogens is 1. The van der Waals surface area contributed by atoms with E-state index in [2.05, 4.69) is 15.5 Å². The molecular formula is C15H14FN3OS. The van der Waals surface area contributed by atoms with E-state index >= 15 is 0 Å². The van der Waals surface area contributed by atoms with Crippen LogP contribution in [0.5, 0.6) is 0 Å². The van der Waals surface area contributed by atoms with E-state index in [4.69, 9.17) is 0 Å². The van der Waals surface area contributed by atoms with Gasteiger partial charge in [0.25, 0.3) is 0 Å². The second-order valence-corrected chi connectivity index (χ2v) is 5.20. The third-order valence-electron chi connectivity index (χ3n) is 2.64. The summed E-state index contributed by atoms with van der Waals surface area (Å²) >= 11 is 1.14. The highest BCUT2D eigenvalue weighted by molar-refractivity contribution is 8.00. The van der Waals surface area contributed by atoms with Crippen LogP contribution in [0.2, 0.25) is 0 Å². The Morgan fingerprint density at radius 3 is 2.71 bits per heavy atom. The number of carbonyl (C=O) groups is 1. The van der Waals surface area contributed by atoms with Gasteiger partial charge in [-0.1, -0.05) is 12.1 Å². The molecule has 1 aromatic carbocycles. The van der Waals surface area contributed by atoms with E-state index in [0.29, 0.717) is 10.6 Å². The zero-order chi connectivity index (χ0) is 15.1. The van der Waals surface area contributed by atoms with Crippen molar-refractivity contribution in [1.29, 1.82) is 0 Å². The van der Waals surface area contributed by atoms with Crippen LogP contribution in [0.3, 0.4) is 0 Å². The lowest BCUT2D eigenvalue weighted by molar-refractivity contribution is -0.118. The third-order valence-corrected chi connectivity index (χ3v) is 3.69. The molecule has 0 saturated heterocycles. The van der Waals surface area contributed by atoms with Crippen LogP contribution in [0.4, 0.5) is 4.39 Å². The van der Waals surface area contributed by atoms with E-state index in [9.17, 15) is 9.18 Å². The molecule has 1 amide bonds.